The van der Waals surface area contributed by atoms with Crippen molar-refractivity contribution in [2.45, 2.75) is 6.42 Å². The van der Waals surface area contributed by atoms with E-state index in [2.05, 4.69) is 11.8 Å². The molecule has 0 saturated heterocycles. The van der Waals surface area contributed by atoms with Crippen molar-refractivity contribution >= 4 is 23.5 Å². The summed E-state index contributed by atoms with van der Waals surface area (Å²) in [7, 11) is 1.56. The van der Waals surface area contributed by atoms with Gasteiger partial charge in [0.15, 0.2) is 11.6 Å². The summed E-state index contributed by atoms with van der Waals surface area (Å²) < 4.78 is 26.7. The monoisotopic (exact) mass is 413 g/mol. The standard InChI is InChI=1S/C26H17F2NO2/c1-29-24-13-11-18(9-5-8-17-6-3-2-4-7-17)14-20(24)25(30)21(26(29)31)15-19-10-12-22(27)23(28)16-19/h2-4,6-7,10-16H,8H2,1H3/b21-15-. The second kappa shape index (κ2) is 8.37. The van der Waals surface area contributed by atoms with E-state index in [4.69, 9.17) is 0 Å². The van der Waals surface area contributed by atoms with Gasteiger partial charge in [0.1, 0.15) is 0 Å². The van der Waals surface area contributed by atoms with Gasteiger partial charge in [-0.2, -0.15) is 0 Å². The minimum atomic E-state index is -1.05. The molecule has 31 heavy (non-hydrogen) atoms. The Morgan fingerprint density at radius 1 is 0.935 bits per heavy atom. The highest BCUT2D eigenvalue weighted by atomic mass is 19.2. The molecule has 1 amide bonds. The molecule has 0 fully saturated rings. The number of Topliss-reactive ketones (excluding diaryl/α,β-unsaturated/α-hetero) is 1. The van der Waals surface area contributed by atoms with Crippen LogP contribution in [0.3, 0.4) is 0 Å². The Balaban J connectivity index is 1.67. The third-order valence-corrected chi connectivity index (χ3v) is 5.00. The molecule has 1 aliphatic heterocycles. The van der Waals surface area contributed by atoms with Gasteiger partial charge in [-0.25, -0.2) is 8.78 Å². The van der Waals surface area contributed by atoms with Gasteiger partial charge in [0, 0.05) is 24.6 Å². The molecule has 0 radical (unpaired) electrons. The van der Waals surface area contributed by atoms with Crippen LogP contribution in [0.15, 0.2) is 72.3 Å². The smallest absolute Gasteiger partial charge is 0.262 e. The maximum Gasteiger partial charge on any atom is 0.262 e. The third-order valence-electron chi connectivity index (χ3n) is 5.00. The van der Waals surface area contributed by atoms with E-state index in [0.717, 1.165) is 17.7 Å². The van der Waals surface area contributed by atoms with Crippen molar-refractivity contribution in [3.63, 3.8) is 0 Å². The summed E-state index contributed by atoms with van der Waals surface area (Å²) in [5, 5.41) is 0. The van der Waals surface area contributed by atoms with Crippen LogP contribution in [0.25, 0.3) is 6.08 Å². The minimum Gasteiger partial charge on any atom is -0.311 e. The number of carbonyl (C=O) groups excluding carboxylic acids is 2. The van der Waals surface area contributed by atoms with Crippen LogP contribution in [0, 0.1) is 23.5 Å². The van der Waals surface area contributed by atoms with Crippen LogP contribution in [0.5, 0.6) is 0 Å². The molecule has 5 heteroatoms. The number of likely N-dealkylation sites (N-methyl/N-ethyl adjacent to an activating group) is 1. The Morgan fingerprint density at radius 3 is 2.45 bits per heavy atom. The molecule has 3 nitrogen and oxygen atoms in total. The lowest BCUT2D eigenvalue weighted by Crippen LogP contribution is -2.36. The molecule has 1 aliphatic rings. The van der Waals surface area contributed by atoms with E-state index >= 15 is 0 Å². The van der Waals surface area contributed by atoms with E-state index in [1.54, 1.807) is 25.2 Å². The summed E-state index contributed by atoms with van der Waals surface area (Å²) in [5.41, 5.74) is 2.67. The first-order valence-electron chi connectivity index (χ1n) is 9.60. The molecule has 4 rings (SSSR count). The molecule has 0 N–H and O–H groups in total. The number of anilines is 1. The van der Waals surface area contributed by atoms with E-state index in [1.165, 1.54) is 17.0 Å². The zero-order chi connectivity index (χ0) is 22.0. The van der Waals surface area contributed by atoms with Crippen LogP contribution < -0.4 is 4.90 Å². The quantitative estimate of drug-likeness (QED) is 0.344. The van der Waals surface area contributed by atoms with Gasteiger partial charge in [-0.15, -0.1) is 0 Å². The predicted octanol–water partition coefficient (Wildman–Crippen LogP) is 4.80. The number of rotatable bonds is 2. The molecule has 0 saturated carbocycles. The van der Waals surface area contributed by atoms with Crippen LogP contribution in [0.1, 0.15) is 27.0 Å². The second-order valence-corrected chi connectivity index (χ2v) is 7.12. The molecule has 0 atom stereocenters. The summed E-state index contributed by atoms with van der Waals surface area (Å²) in [6, 6.07) is 18.1. The number of nitrogens with zero attached hydrogens (tertiary/aromatic N) is 1. The first-order valence-corrected chi connectivity index (χ1v) is 9.60. The van der Waals surface area contributed by atoms with Crippen molar-refractivity contribution in [3.8, 4) is 11.8 Å². The van der Waals surface area contributed by atoms with Crippen molar-refractivity contribution < 1.29 is 18.4 Å². The van der Waals surface area contributed by atoms with Crippen LogP contribution in [-0.4, -0.2) is 18.7 Å². The highest BCUT2D eigenvalue weighted by Gasteiger charge is 2.32. The van der Waals surface area contributed by atoms with Crippen molar-refractivity contribution in [1.82, 2.24) is 0 Å². The van der Waals surface area contributed by atoms with Crippen LogP contribution in [0.4, 0.5) is 14.5 Å². The Kier molecular flexibility index (Phi) is 5.46. The topological polar surface area (TPSA) is 37.4 Å². The van der Waals surface area contributed by atoms with Crippen molar-refractivity contribution in [2.75, 3.05) is 11.9 Å². The Bertz CT molecular complexity index is 1280. The van der Waals surface area contributed by atoms with Crippen LogP contribution in [-0.2, 0) is 11.2 Å². The fourth-order valence-electron chi connectivity index (χ4n) is 3.36. The number of hydrogen-bond acceptors (Lipinski definition) is 2. The van der Waals surface area contributed by atoms with Crippen LogP contribution >= 0.6 is 0 Å². The Labute approximate surface area is 178 Å². The molecule has 3 aromatic carbocycles. The predicted molar refractivity (Wildman–Crippen MR) is 116 cm³/mol. The highest BCUT2D eigenvalue weighted by Crippen LogP contribution is 2.31. The number of benzene rings is 3. The van der Waals surface area contributed by atoms with Crippen molar-refractivity contribution in [1.29, 1.82) is 0 Å². The maximum absolute atomic E-state index is 13.5. The largest absolute Gasteiger partial charge is 0.311 e. The molecular weight excluding hydrogens is 396 g/mol. The van der Waals surface area contributed by atoms with Gasteiger partial charge in [-0.05, 0) is 47.5 Å². The van der Waals surface area contributed by atoms with E-state index in [-0.39, 0.29) is 11.1 Å². The van der Waals surface area contributed by atoms with Gasteiger partial charge in [-0.1, -0.05) is 48.2 Å². The fraction of sp³-hybridized carbons (Fsp3) is 0.0769. The number of fused-ring (bicyclic) bond motifs is 1. The number of amides is 1. The molecule has 1 heterocycles. The Hall–Kier alpha value is -4.04. The fourth-order valence-corrected chi connectivity index (χ4v) is 3.36. The third kappa shape index (κ3) is 4.15. The SMILES string of the molecule is CN1C(=O)/C(=C\c2ccc(F)c(F)c2)C(=O)c2cc(C#CCc3ccccc3)ccc21. The summed E-state index contributed by atoms with van der Waals surface area (Å²) in [5.74, 6) is 3.11. The van der Waals surface area contributed by atoms with E-state index in [1.807, 2.05) is 30.3 Å². The number of hydrogen-bond donors (Lipinski definition) is 0. The van der Waals surface area contributed by atoms with Crippen molar-refractivity contribution in [2.24, 2.45) is 0 Å². The van der Waals surface area contributed by atoms with E-state index in [9.17, 15) is 18.4 Å². The van der Waals surface area contributed by atoms with Gasteiger partial charge in [-0.3, -0.25) is 9.59 Å². The number of ketones is 1. The molecule has 0 unspecified atom stereocenters. The first-order chi connectivity index (χ1) is 14.9. The lowest BCUT2D eigenvalue weighted by Gasteiger charge is -2.26. The minimum absolute atomic E-state index is 0.115. The zero-order valence-corrected chi connectivity index (χ0v) is 16.7. The van der Waals surface area contributed by atoms with Gasteiger partial charge < -0.3 is 4.90 Å². The van der Waals surface area contributed by atoms with Gasteiger partial charge >= 0.3 is 0 Å². The van der Waals surface area contributed by atoms with Gasteiger partial charge in [0.2, 0.25) is 5.78 Å². The second-order valence-electron chi connectivity index (χ2n) is 7.12. The first kappa shape index (κ1) is 20.2. The number of halogens is 2. The summed E-state index contributed by atoms with van der Waals surface area (Å²) in [4.78, 5) is 27.1. The van der Waals surface area contributed by atoms with E-state index < -0.39 is 23.3 Å². The molecule has 0 aliphatic carbocycles. The van der Waals surface area contributed by atoms with Gasteiger partial charge in [0.25, 0.3) is 5.91 Å². The maximum atomic E-state index is 13.5. The lowest BCUT2D eigenvalue weighted by atomic mass is 9.92. The molecule has 0 spiro atoms. The average molecular weight is 413 g/mol. The molecule has 0 bridgehead atoms. The highest BCUT2D eigenvalue weighted by molar-refractivity contribution is 6.36. The zero-order valence-electron chi connectivity index (χ0n) is 16.7. The molecular formula is C26H17F2NO2. The summed E-state index contributed by atoms with van der Waals surface area (Å²) in [6.45, 7) is 0. The summed E-state index contributed by atoms with van der Waals surface area (Å²) >= 11 is 0. The van der Waals surface area contributed by atoms with E-state index in [0.29, 0.717) is 23.2 Å². The summed E-state index contributed by atoms with van der Waals surface area (Å²) in [6.07, 6.45) is 1.85. The molecule has 0 aromatic heterocycles. The Morgan fingerprint density at radius 2 is 1.71 bits per heavy atom. The number of carbonyl (C=O) groups is 2. The molecule has 3 aromatic rings. The molecule has 152 valence electrons. The van der Waals surface area contributed by atoms with Crippen LogP contribution in [0.2, 0.25) is 0 Å². The van der Waals surface area contributed by atoms with Gasteiger partial charge in [0.05, 0.1) is 11.3 Å². The van der Waals surface area contributed by atoms with Crippen molar-refractivity contribution in [3.05, 3.63) is 106 Å². The lowest BCUT2D eigenvalue weighted by molar-refractivity contribution is -0.114. The average Bonchev–Trinajstić information content (AvgIpc) is 2.78. The normalized spacial score (nSPS) is 14.3.